The lowest BCUT2D eigenvalue weighted by molar-refractivity contribution is 0.223. The summed E-state index contributed by atoms with van der Waals surface area (Å²) in [5, 5.41) is 7.36. The molecule has 2 N–H and O–H groups in total. The van der Waals surface area contributed by atoms with Crippen molar-refractivity contribution in [2.45, 2.75) is 63.7 Å². The van der Waals surface area contributed by atoms with Crippen molar-refractivity contribution in [3.8, 4) is 0 Å². The minimum absolute atomic E-state index is 0.359. The molecule has 5 nitrogen and oxygen atoms in total. The van der Waals surface area contributed by atoms with Crippen molar-refractivity contribution >= 4 is 16.8 Å². The fourth-order valence-electron chi connectivity index (χ4n) is 3.73. The van der Waals surface area contributed by atoms with E-state index in [2.05, 4.69) is 29.5 Å². The van der Waals surface area contributed by atoms with E-state index in [1.807, 2.05) is 6.92 Å². The second-order valence-corrected chi connectivity index (χ2v) is 9.27. The van der Waals surface area contributed by atoms with Crippen LogP contribution in [0.25, 0.3) is 0 Å². The van der Waals surface area contributed by atoms with Crippen LogP contribution in [0.4, 0.5) is 0 Å². The Labute approximate surface area is 150 Å². The van der Waals surface area contributed by atoms with Crippen LogP contribution in [0.2, 0.25) is 0 Å². The summed E-state index contributed by atoms with van der Waals surface area (Å²) in [6.45, 7) is 8.33. The van der Waals surface area contributed by atoms with E-state index in [0.29, 0.717) is 17.2 Å². The summed E-state index contributed by atoms with van der Waals surface area (Å²) in [6, 6.07) is 0.412. The molecule has 1 aliphatic carbocycles. The smallest absolute Gasteiger partial charge is 0.191 e. The van der Waals surface area contributed by atoms with Gasteiger partial charge in [0.25, 0.3) is 0 Å². The molecule has 0 spiro atoms. The van der Waals surface area contributed by atoms with Gasteiger partial charge in [-0.05, 0) is 65.1 Å². The fourth-order valence-corrected chi connectivity index (χ4v) is 5.08. The number of nitrogens with zero attached hydrogens (tertiary/aromatic N) is 2. The highest BCUT2D eigenvalue weighted by atomic mass is 32.2. The highest BCUT2D eigenvalue weighted by molar-refractivity contribution is 7.85. The van der Waals surface area contributed by atoms with E-state index in [4.69, 9.17) is 4.99 Å². The second kappa shape index (κ2) is 10.4. The topological polar surface area (TPSA) is 56.7 Å². The maximum absolute atomic E-state index is 12.1. The van der Waals surface area contributed by atoms with Crippen molar-refractivity contribution in [2.75, 3.05) is 39.0 Å². The van der Waals surface area contributed by atoms with E-state index in [1.54, 1.807) is 0 Å². The van der Waals surface area contributed by atoms with Gasteiger partial charge in [0, 0.05) is 40.9 Å². The van der Waals surface area contributed by atoms with Gasteiger partial charge in [-0.2, -0.15) is 0 Å². The third-order valence-electron chi connectivity index (χ3n) is 5.31. The first-order valence-electron chi connectivity index (χ1n) is 9.72. The van der Waals surface area contributed by atoms with Gasteiger partial charge in [-0.25, -0.2) is 0 Å². The van der Waals surface area contributed by atoms with E-state index in [9.17, 15) is 4.21 Å². The first-order valence-corrected chi connectivity index (χ1v) is 11.1. The fraction of sp³-hybridized carbons (Fsp3) is 0.944. The lowest BCUT2D eigenvalue weighted by Crippen LogP contribution is -2.47. The standard InChI is InChI=1S/C18H36N4OS/c1-4-19-18(20-14-15-9-11-22(3)12-10-15)21-16-7-6-8-17(13-16)24(23)5-2/h15-17H,4-14H2,1-3H3,(H2,19,20,21). The van der Waals surface area contributed by atoms with Crippen LogP contribution in [0.3, 0.4) is 0 Å². The zero-order chi connectivity index (χ0) is 17.4. The first-order chi connectivity index (χ1) is 11.6. The lowest BCUT2D eigenvalue weighted by atomic mass is 9.95. The number of guanidine groups is 1. The maximum atomic E-state index is 12.1. The van der Waals surface area contributed by atoms with E-state index in [0.717, 1.165) is 44.1 Å². The average molecular weight is 357 g/mol. The van der Waals surface area contributed by atoms with Crippen LogP contribution in [-0.4, -0.2) is 65.3 Å². The molecule has 0 aromatic carbocycles. The molecule has 0 aromatic rings. The van der Waals surface area contributed by atoms with Crippen molar-refractivity contribution in [3.05, 3.63) is 0 Å². The number of nitrogens with one attached hydrogen (secondary N) is 2. The van der Waals surface area contributed by atoms with Gasteiger partial charge in [0.2, 0.25) is 0 Å². The molecule has 1 saturated heterocycles. The zero-order valence-electron chi connectivity index (χ0n) is 15.7. The predicted octanol–water partition coefficient (Wildman–Crippen LogP) is 1.96. The SMILES string of the molecule is CCNC(=NCC1CCN(C)CC1)NC1CCCC(S(=O)CC)C1. The molecule has 0 amide bonds. The number of hydrogen-bond acceptors (Lipinski definition) is 3. The highest BCUT2D eigenvalue weighted by Gasteiger charge is 2.26. The van der Waals surface area contributed by atoms with E-state index in [-0.39, 0.29) is 0 Å². The van der Waals surface area contributed by atoms with E-state index >= 15 is 0 Å². The third-order valence-corrected chi connectivity index (χ3v) is 7.05. The Balaban J connectivity index is 1.85. The molecule has 0 bridgehead atoms. The molecule has 3 unspecified atom stereocenters. The number of likely N-dealkylation sites (tertiary alicyclic amines) is 1. The zero-order valence-corrected chi connectivity index (χ0v) is 16.5. The van der Waals surface area contributed by atoms with Gasteiger partial charge in [0.05, 0.1) is 0 Å². The maximum Gasteiger partial charge on any atom is 0.191 e. The monoisotopic (exact) mass is 356 g/mol. The molecule has 2 aliphatic rings. The third kappa shape index (κ3) is 6.36. The van der Waals surface area contributed by atoms with Crippen molar-refractivity contribution in [2.24, 2.45) is 10.9 Å². The Hall–Kier alpha value is -0.620. The summed E-state index contributed by atoms with van der Waals surface area (Å²) in [5.74, 6) is 2.44. The van der Waals surface area contributed by atoms with Crippen LogP contribution < -0.4 is 10.6 Å². The Morgan fingerprint density at radius 3 is 2.62 bits per heavy atom. The summed E-state index contributed by atoms with van der Waals surface area (Å²) in [5.41, 5.74) is 0. The van der Waals surface area contributed by atoms with E-state index in [1.165, 1.54) is 32.4 Å². The normalized spacial score (nSPS) is 28.5. The predicted molar refractivity (Wildman–Crippen MR) is 104 cm³/mol. The number of rotatable bonds is 6. The first kappa shape index (κ1) is 19.7. The van der Waals surface area contributed by atoms with Gasteiger partial charge in [-0.1, -0.05) is 13.3 Å². The van der Waals surface area contributed by atoms with Crippen LogP contribution in [-0.2, 0) is 10.8 Å². The molecular weight excluding hydrogens is 320 g/mol. The summed E-state index contributed by atoms with van der Waals surface area (Å²) in [6.07, 6.45) is 6.96. The summed E-state index contributed by atoms with van der Waals surface area (Å²) in [4.78, 5) is 7.25. The molecule has 1 heterocycles. The van der Waals surface area contributed by atoms with Gasteiger partial charge >= 0.3 is 0 Å². The number of aliphatic imine (C=N–C) groups is 1. The largest absolute Gasteiger partial charge is 0.357 e. The number of piperidine rings is 1. The minimum atomic E-state index is -0.669. The molecule has 3 atom stereocenters. The second-order valence-electron chi connectivity index (χ2n) is 7.27. The molecule has 6 heteroatoms. The minimum Gasteiger partial charge on any atom is -0.357 e. The molecular formula is C18H36N4OS. The van der Waals surface area contributed by atoms with Gasteiger partial charge in [-0.3, -0.25) is 9.20 Å². The van der Waals surface area contributed by atoms with Crippen molar-refractivity contribution < 1.29 is 4.21 Å². The Bertz CT molecular complexity index is 421. The molecule has 2 fully saturated rings. The molecule has 1 aliphatic heterocycles. The van der Waals surface area contributed by atoms with Crippen LogP contribution in [0.5, 0.6) is 0 Å². The van der Waals surface area contributed by atoms with Crippen LogP contribution in [0, 0.1) is 5.92 Å². The van der Waals surface area contributed by atoms with Crippen LogP contribution in [0.1, 0.15) is 52.4 Å². The molecule has 1 saturated carbocycles. The number of hydrogen-bond donors (Lipinski definition) is 2. The molecule has 0 radical (unpaired) electrons. The average Bonchev–Trinajstić information content (AvgIpc) is 2.61. The van der Waals surface area contributed by atoms with Crippen LogP contribution >= 0.6 is 0 Å². The Morgan fingerprint density at radius 2 is 1.96 bits per heavy atom. The molecule has 2 rings (SSSR count). The van der Waals surface area contributed by atoms with Crippen molar-refractivity contribution in [3.63, 3.8) is 0 Å². The Kier molecular flexibility index (Phi) is 8.53. The summed E-state index contributed by atoms with van der Waals surface area (Å²) < 4.78 is 12.1. The molecule has 0 aromatic heterocycles. The van der Waals surface area contributed by atoms with Gasteiger partial charge in [0.15, 0.2) is 5.96 Å². The Morgan fingerprint density at radius 1 is 1.21 bits per heavy atom. The van der Waals surface area contributed by atoms with Crippen molar-refractivity contribution in [1.29, 1.82) is 0 Å². The van der Waals surface area contributed by atoms with Gasteiger partial charge in [0.1, 0.15) is 0 Å². The van der Waals surface area contributed by atoms with Crippen LogP contribution in [0.15, 0.2) is 4.99 Å². The van der Waals surface area contributed by atoms with Gasteiger partial charge < -0.3 is 15.5 Å². The lowest BCUT2D eigenvalue weighted by Gasteiger charge is -2.31. The van der Waals surface area contributed by atoms with Crippen molar-refractivity contribution in [1.82, 2.24) is 15.5 Å². The highest BCUT2D eigenvalue weighted by Crippen LogP contribution is 2.23. The van der Waals surface area contributed by atoms with E-state index < -0.39 is 10.8 Å². The molecule has 140 valence electrons. The van der Waals surface area contributed by atoms with Gasteiger partial charge in [-0.15, -0.1) is 0 Å². The quantitative estimate of drug-likeness (QED) is 0.564. The summed E-state index contributed by atoms with van der Waals surface area (Å²) in [7, 11) is 1.53. The molecule has 24 heavy (non-hydrogen) atoms. The summed E-state index contributed by atoms with van der Waals surface area (Å²) >= 11 is 0.